The number of rotatable bonds is 2. The van der Waals surface area contributed by atoms with Crippen LogP contribution >= 0.6 is 0 Å². The van der Waals surface area contributed by atoms with E-state index in [9.17, 15) is 5.21 Å². The van der Waals surface area contributed by atoms with Crippen LogP contribution in [0.2, 0.25) is 0 Å². The Labute approximate surface area is 180 Å². The van der Waals surface area contributed by atoms with Gasteiger partial charge in [-0.2, -0.15) is 19.2 Å². The molecule has 4 aliphatic rings. The molecule has 2 aliphatic carbocycles. The van der Waals surface area contributed by atoms with Crippen LogP contribution < -0.4 is 0 Å². The Morgan fingerprint density at radius 2 is 1.60 bits per heavy atom. The molecular formula is C19H39N4OY-. The summed E-state index contributed by atoms with van der Waals surface area (Å²) >= 11 is 0. The van der Waals surface area contributed by atoms with Gasteiger partial charge in [0.25, 0.3) is 0 Å². The monoisotopic (exact) mass is 428 g/mol. The van der Waals surface area contributed by atoms with E-state index >= 15 is 0 Å². The van der Waals surface area contributed by atoms with Gasteiger partial charge in [-0.3, -0.25) is 4.90 Å². The third kappa shape index (κ3) is 5.94. The molecule has 25 heavy (non-hydrogen) atoms. The van der Waals surface area contributed by atoms with Crippen LogP contribution in [0.1, 0.15) is 52.4 Å². The Hall–Kier alpha value is 0.904. The predicted molar refractivity (Wildman–Crippen MR) is 101 cm³/mol. The SMILES string of the molecule is CC.CN1CCN(CC2CC2)C2(CCN(O)C3(CC3)C2)C1.C[N-]C.[Y]. The minimum Gasteiger partial charge on any atom is -0.668 e. The van der Waals surface area contributed by atoms with E-state index in [2.05, 4.69) is 22.2 Å². The van der Waals surface area contributed by atoms with E-state index in [0.717, 1.165) is 18.9 Å². The third-order valence-electron chi connectivity index (χ3n) is 5.98. The van der Waals surface area contributed by atoms with E-state index in [0.29, 0.717) is 5.54 Å². The third-order valence-corrected chi connectivity index (χ3v) is 5.98. The molecule has 1 atom stereocenters. The fourth-order valence-corrected chi connectivity index (χ4v) is 4.43. The molecule has 0 aromatic carbocycles. The summed E-state index contributed by atoms with van der Waals surface area (Å²) in [7, 11) is 5.76. The number of hydrogen-bond acceptors (Lipinski definition) is 4. The average Bonchev–Trinajstić information content (AvgIpc) is 3.47. The summed E-state index contributed by atoms with van der Waals surface area (Å²) in [4.78, 5) is 5.31. The van der Waals surface area contributed by atoms with Crippen molar-refractivity contribution >= 4 is 0 Å². The molecule has 0 amide bonds. The molecule has 0 aromatic heterocycles. The average molecular weight is 428 g/mol. The van der Waals surface area contributed by atoms with Crippen LogP contribution in [0, 0.1) is 5.92 Å². The van der Waals surface area contributed by atoms with Gasteiger partial charge in [-0.15, -0.1) is 0 Å². The molecular weight excluding hydrogens is 389 g/mol. The summed E-state index contributed by atoms with van der Waals surface area (Å²) in [5.74, 6) is 0.975. The molecule has 4 fully saturated rings. The van der Waals surface area contributed by atoms with Crippen molar-refractivity contribution in [2.45, 2.75) is 63.5 Å². The topological polar surface area (TPSA) is 44.1 Å². The second-order valence-electron chi connectivity index (χ2n) is 8.07. The molecule has 1 N–H and O–H groups in total. The van der Waals surface area contributed by atoms with Crippen LogP contribution in [-0.2, 0) is 32.7 Å². The summed E-state index contributed by atoms with van der Waals surface area (Å²) in [5.41, 5.74) is 0.504. The van der Waals surface area contributed by atoms with Crippen LogP contribution in [0.15, 0.2) is 0 Å². The second-order valence-corrected chi connectivity index (χ2v) is 8.07. The quantitative estimate of drug-likeness (QED) is 0.735. The Kier molecular flexibility index (Phi) is 10.0. The maximum atomic E-state index is 10.2. The molecule has 1 unspecified atom stereocenters. The zero-order valence-electron chi connectivity index (χ0n) is 17.2. The first-order chi connectivity index (χ1) is 11.5. The van der Waals surface area contributed by atoms with E-state index in [4.69, 9.17) is 0 Å². The van der Waals surface area contributed by atoms with Crippen molar-refractivity contribution in [3.8, 4) is 0 Å². The summed E-state index contributed by atoms with van der Waals surface area (Å²) in [5, 5.41) is 15.3. The van der Waals surface area contributed by atoms with Crippen molar-refractivity contribution in [1.82, 2.24) is 14.9 Å². The molecule has 2 saturated carbocycles. The molecule has 0 bridgehead atoms. The molecule has 0 aromatic rings. The van der Waals surface area contributed by atoms with Gasteiger partial charge in [0.05, 0.1) is 0 Å². The fraction of sp³-hybridized carbons (Fsp3) is 1.00. The van der Waals surface area contributed by atoms with Crippen molar-refractivity contribution < 1.29 is 37.9 Å². The molecule has 5 nitrogen and oxygen atoms in total. The zero-order chi connectivity index (χ0) is 17.8. The first kappa shape index (κ1) is 23.9. The van der Waals surface area contributed by atoms with Gasteiger partial charge in [0, 0.05) is 76.5 Å². The van der Waals surface area contributed by atoms with Gasteiger partial charge in [0.2, 0.25) is 0 Å². The number of hydroxylamine groups is 2. The van der Waals surface area contributed by atoms with Gasteiger partial charge >= 0.3 is 0 Å². The van der Waals surface area contributed by atoms with Gasteiger partial charge in [-0.25, -0.2) is 0 Å². The number of likely N-dealkylation sites (N-methyl/N-ethyl adjacent to an activating group) is 1. The smallest absolute Gasteiger partial charge is 0.0480 e. The van der Waals surface area contributed by atoms with Crippen molar-refractivity contribution in [2.75, 3.05) is 53.9 Å². The Bertz CT molecular complexity index is 390. The Balaban J connectivity index is 0.000000475. The van der Waals surface area contributed by atoms with Gasteiger partial charge in [0.15, 0.2) is 0 Å². The van der Waals surface area contributed by atoms with Gasteiger partial charge in [-0.05, 0) is 51.5 Å². The molecule has 6 heteroatoms. The van der Waals surface area contributed by atoms with Crippen LogP contribution in [0.4, 0.5) is 0 Å². The van der Waals surface area contributed by atoms with Crippen molar-refractivity contribution in [2.24, 2.45) is 5.92 Å². The number of piperazine rings is 1. The second kappa shape index (κ2) is 10.4. The van der Waals surface area contributed by atoms with E-state index in [1.807, 2.05) is 13.8 Å². The summed E-state index contributed by atoms with van der Waals surface area (Å²) in [6.45, 7) is 9.83. The molecule has 2 saturated heterocycles. The molecule has 4 rings (SSSR count). The van der Waals surface area contributed by atoms with E-state index < -0.39 is 0 Å². The minimum atomic E-state index is 0. The van der Waals surface area contributed by atoms with Crippen molar-refractivity contribution in [3.05, 3.63) is 5.32 Å². The van der Waals surface area contributed by atoms with Crippen LogP contribution in [0.25, 0.3) is 5.32 Å². The Morgan fingerprint density at radius 3 is 2.12 bits per heavy atom. The van der Waals surface area contributed by atoms with E-state index in [-0.39, 0.29) is 38.2 Å². The van der Waals surface area contributed by atoms with Gasteiger partial charge in [-0.1, -0.05) is 13.8 Å². The molecule has 1 radical (unpaired) electrons. The standard InChI is InChI=1S/C15H27N3O.C2H6N.C2H6.Y/c1-16-8-9-17(10-13-2-3-13)15(12-16)6-7-18(19)14(11-15)4-5-14;1-3-2;1-2;/h13,19H,2-12H2,1H3;1-2H3;1-2H3;/q;-1;;. The predicted octanol–water partition coefficient (Wildman–Crippen LogP) is 3.04. The van der Waals surface area contributed by atoms with Crippen LogP contribution in [0.5, 0.6) is 0 Å². The van der Waals surface area contributed by atoms with Gasteiger partial charge < -0.3 is 15.4 Å². The first-order valence-electron chi connectivity index (χ1n) is 9.92. The van der Waals surface area contributed by atoms with E-state index in [1.54, 1.807) is 19.2 Å². The van der Waals surface area contributed by atoms with Crippen LogP contribution in [0.3, 0.4) is 0 Å². The summed E-state index contributed by atoms with van der Waals surface area (Å²) in [6, 6.07) is 0. The Morgan fingerprint density at radius 1 is 1.00 bits per heavy atom. The molecule has 2 aliphatic heterocycles. The summed E-state index contributed by atoms with van der Waals surface area (Å²) < 4.78 is 0. The number of piperidine rings is 1. The van der Waals surface area contributed by atoms with Crippen molar-refractivity contribution in [3.63, 3.8) is 0 Å². The molecule has 2 spiro atoms. The summed E-state index contributed by atoms with van der Waals surface area (Å²) in [6.07, 6.45) is 7.62. The van der Waals surface area contributed by atoms with Crippen LogP contribution in [-0.4, -0.2) is 85.0 Å². The maximum absolute atomic E-state index is 10.2. The molecule has 145 valence electrons. The normalized spacial score (nSPS) is 31.4. The number of hydrogen-bond donors (Lipinski definition) is 1. The number of nitrogens with zero attached hydrogens (tertiary/aromatic N) is 4. The maximum Gasteiger partial charge on any atom is 0.0480 e. The van der Waals surface area contributed by atoms with E-state index in [1.165, 1.54) is 58.3 Å². The zero-order valence-corrected chi connectivity index (χ0v) is 20.0. The van der Waals surface area contributed by atoms with Crippen molar-refractivity contribution in [1.29, 1.82) is 0 Å². The largest absolute Gasteiger partial charge is 0.668 e. The minimum absolute atomic E-state index is 0. The first-order valence-corrected chi connectivity index (χ1v) is 9.92. The fourth-order valence-electron chi connectivity index (χ4n) is 4.43. The molecule has 2 heterocycles. The van der Waals surface area contributed by atoms with Gasteiger partial charge in [0.1, 0.15) is 0 Å².